The van der Waals surface area contributed by atoms with Gasteiger partial charge in [0.2, 0.25) is 5.16 Å². The fourth-order valence-corrected chi connectivity index (χ4v) is 3.01. The van der Waals surface area contributed by atoms with Crippen LogP contribution in [0, 0.1) is 0 Å². The summed E-state index contributed by atoms with van der Waals surface area (Å²) in [5.41, 5.74) is 2.83. The van der Waals surface area contributed by atoms with Gasteiger partial charge in [-0.1, -0.05) is 72.4 Å². The average Bonchev–Trinajstić information content (AvgIpc) is 2.66. The predicted octanol–water partition coefficient (Wildman–Crippen LogP) is 4.64. The van der Waals surface area contributed by atoms with Gasteiger partial charge < -0.3 is 4.74 Å². The lowest BCUT2D eigenvalue weighted by Gasteiger charge is -2.19. The van der Waals surface area contributed by atoms with Crippen molar-refractivity contribution in [3.63, 3.8) is 0 Å². The summed E-state index contributed by atoms with van der Waals surface area (Å²) < 4.78 is 5.33. The van der Waals surface area contributed by atoms with E-state index in [9.17, 15) is 4.79 Å². The first-order valence-electron chi connectivity index (χ1n) is 8.62. The van der Waals surface area contributed by atoms with Crippen molar-refractivity contribution in [3.8, 4) is 22.5 Å². The molecule has 1 aromatic heterocycles. The molecule has 1 heterocycles. The second-order valence-electron chi connectivity index (χ2n) is 6.90. The first-order chi connectivity index (χ1) is 12.9. The third-order valence-corrected chi connectivity index (χ3v) is 4.31. The lowest BCUT2D eigenvalue weighted by Crippen LogP contribution is -2.25. The zero-order chi connectivity index (χ0) is 19.3. The van der Waals surface area contributed by atoms with Gasteiger partial charge in [-0.05, 0) is 20.8 Å². The molecule has 0 fully saturated rings. The molecule has 5 nitrogen and oxygen atoms in total. The van der Waals surface area contributed by atoms with Crippen LogP contribution in [0.3, 0.4) is 0 Å². The molecule has 3 rings (SSSR count). The summed E-state index contributed by atoms with van der Waals surface area (Å²) in [5, 5.41) is 9.04. The fourth-order valence-electron chi connectivity index (χ4n) is 2.45. The van der Waals surface area contributed by atoms with Crippen molar-refractivity contribution in [1.29, 1.82) is 0 Å². The molecular formula is C21H21N3O2S. The first-order valence-corrected chi connectivity index (χ1v) is 9.61. The molecule has 0 aliphatic rings. The number of esters is 1. The highest BCUT2D eigenvalue weighted by molar-refractivity contribution is 7.99. The number of carbonyl (C=O) groups excluding carboxylic acids is 1. The molecule has 0 saturated carbocycles. The molecule has 6 heteroatoms. The van der Waals surface area contributed by atoms with Crippen molar-refractivity contribution in [2.75, 3.05) is 5.75 Å². The molecule has 0 radical (unpaired) electrons. The molecule has 0 N–H and O–H groups in total. The molecule has 2 aromatic carbocycles. The Morgan fingerprint density at radius 2 is 1.44 bits per heavy atom. The summed E-state index contributed by atoms with van der Waals surface area (Å²) in [6.45, 7) is 5.53. The van der Waals surface area contributed by atoms with Gasteiger partial charge in [0, 0.05) is 11.1 Å². The SMILES string of the molecule is CC(C)(C)OC(=O)CSc1nnc(-c2ccccc2)c(-c2ccccc2)n1. The summed E-state index contributed by atoms with van der Waals surface area (Å²) in [4.78, 5) is 16.6. The number of rotatable bonds is 5. The zero-order valence-electron chi connectivity index (χ0n) is 15.5. The Labute approximate surface area is 163 Å². The maximum atomic E-state index is 12.0. The van der Waals surface area contributed by atoms with E-state index in [-0.39, 0.29) is 11.7 Å². The summed E-state index contributed by atoms with van der Waals surface area (Å²) in [5.74, 6) is -0.165. The molecule has 3 aromatic rings. The van der Waals surface area contributed by atoms with E-state index in [1.54, 1.807) is 0 Å². The van der Waals surface area contributed by atoms with Gasteiger partial charge in [-0.25, -0.2) is 4.98 Å². The first kappa shape index (κ1) is 19.0. The lowest BCUT2D eigenvalue weighted by molar-refractivity contribution is -0.151. The van der Waals surface area contributed by atoms with Gasteiger partial charge in [0.15, 0.2) is 0 Å². The van der Waals surface area contributed by atoms with Crippen molar-refractivity contribution < 1.29 is 9.53 Å². The molecule has 0 amide bonds. The van der Waals surface area contributed by atoms with Gasteiger partial charge in [-0.15, -0.1) is 10.2 Å². The van der Waals surface area contributed by atoms with E-state index in [0.717, 1.165) is 16.8 Å². The van der Waals surface area contributed by atoms with Crippen molar-refractivity contribution in [2.45, 2.75) is 31.5 Å². The Morgan fingerprint density at radius 3 is 2.00 bits per heavy atom. The highest BCUT2D eigenvalue weighted by Gasteiger charge is 2.18. The van der Waals surface area contributed by atoms with Gasteiger partial charge in [0.05, 0.1) is 5.75 Å². The van der Waals surface area contributed by atoms with Gasteiger partial charge in [0.1, 0.15) is 17.0 Å². The number of ether oxygens (including phenoxy) is 1. The van der Waals surface area contributed by atoms with Crippen molar-refractivity contribution in [3.05, 3.63) is 60.7 Å². The molecule has 0 aliphatic heterocycles. The number of thioether (sulfide) groups is 1. The highest BCUT2D eigenvalue weighted by atomic mass is 32.2. The molecule has 0 bridgehead atoms. The van der Waals surface area contributed by atoms with Crippen molar-refractivity contribution in [2.24, 2.45) is 0 Å². The van der Waals surface area contributed by atoms with Crippen LogP contribution in [0.25, 0.3) is 22.5 Å². The monoisotopic (exact) mass is 379 g/mol. The maximum Gasteiger partial charge on any atom is 0.316 e. The smallest absolute Gasteiger partial charge is 0.316 e. The second kappa shape index (κ2) is 8.31. The van der Waals surface area contributed by atoms with Crippen molar-refractivity contribution >= 4 is 17.7 Å². The highest BCUT2D eigenvalue weighted by Crippen LogP contribution is 2.29. The number of benzene rings is 2. The Morgan fingerprint density at radius 1 is 0.889 bits per heavy atom. The van der Waals surface area contributed by atoms with Crippen LogP contribution in [-0.2, 0) is 9.53 Å². The molecule has 0 aliphatic carbocycles. The summed E-state index contributed by atoms with van der Waals surface area (Å²) in [6, 6.07) is 19.7. The molecule has 0 spiro atoms. The van der Waals surface area contributed by atoms with Crippen LogP contribution in [0.1, 0.15) is 20.8 Å². The second-order valence-corrected chi connectivity index (χ2v) is 7.84. The summed E-state index contributed by atoms with van der Waals surface area (Å²) in [6.07, 6.45) is 0. The minimum Gasteiger partial charge on any atom is -0.459 e. The van der Waals surface area contributed by atoms with Crippen LogP contribution < -0.4 is 0 Å². The number of hydrogen-bond donors (Lipinski definition) is 0. The summed E-state index contributed by atoms with van der Waals surface area (Å²) >= 11 is 1.22. The molecular weight excluding hydrogens is 358 g/mol. The van der Waals surface area contributed by atoms with Crippen LogP contribution in [0.15, 0.2) is 65.8 Å². The van der Waals surface area contributed by atoms with Crippen LogP contribution in [0.2, 0.25) is 0 Å². The van der Waals surface area contributed by atoms with Gasteiger partial charge >= 0.3 is 5.97 Å². The quantitative estimate of drug-likeness (QED) is 0.475. The van der Waals surface area contributed by atoms with Gasteiger partial charge in [-0.2, -0.15) is 0 Å². The van der Waals surface area contributed by atoms with Crippen LogP contribution in [0.5, 0.6) is 0 Å². The van der Waals surface area contributed by atoms with Crippen LogP contribution in [-0.4, -0.2) is 32.5 Å². The molecule has 0 saturated heterocycles. The minimum atomic E-state index is -0.511. The largest absolute Gasteiger partial charge is 0.459 e. The molecule has 0 atom stereocenters. The zero-order valence-corrected chi connectivity index (χ0v) is 16.4. The third-order valence-electron chi connectivity index (χ3n) is 3.50. The molecule has 138 valence electrons. The average molecular weight is 379 g/mol. The number of aromatic nitrogens is 3. The Bertz CT molecular complexity index is 910. The van der Waals surface area contributed by atoms with E-state index in [4.69, 9.17) is 4.74 Å². The topological polar surface area (TPSA) is 65.0 Å². The Kier molecular flexibility index (Phi) is 5.86. The molecule has 0 unspecified atom stereocenters. The van der Waals surface area contributed by atoms with Gasteiger partial charge in [-0.3, -0.25) is 4.79 Å². The van der Waals surface area contributed by atoms with Crippen LogP contribution in [0.4, 0.5) is 0 Å². The maximum absolute atomic E-state index is 12.0. The van der Waals surface area contributed by atoms with E-state index in [1.165, 1.54) is 11.8 Å². The number of hydrogen-bond acceptors (Lipinski definition) is 6. The number of nitrogens with zero attached hydrogens (tertiary/aromatic N) is 3. The van der Waals surface area contributed by atoms with E-state index in [1.807, 2.05) is 81.4 Å². The predicted molar refractivity (Wildman–Crippen MR) is 107 cm³/mol. The van der Waals surface area contributed by atoms with E-state index in [0.29, 0.717) is 10.9 Å². The number of carbonyl (C=O) groups is 1. The molecule has 27 heavy (non-hydrogen) atoms. The standard InChI is InChI=1S/C21H21N3O2S/c1-21(2,3)26-17(25)14-27-20-22-18(15-10-6-4-7-11-15)19(23-24-20)16-12-8-5-9-13-16/h4-13H,14H2,1-3H3. The third kappa shape index (κ3) is 5.37. The normalized spacial score (nSPS) is 11.2. The lowest BCUT2D eigenvalue weighted by atomic mass is 10.0. The van der Waals surface area contributed by atoms with E-state index < -0.39 is 5.60 Å². The van der Waals surface area contributed by atoms with E-state index >= 15 is 0 Å². The van der Waals surface area contributed by atoms with Gasteiger partial charge in [0.25, 0.3) is 0 Å². The van der Waals surface area contributed by atoms with Crippen LogP contribution >= 0.6 is 11.8 Å². The van der Waals surface area contributed by atoms with E-state index in [2.05, 4.69) is 15.2 Å². The summed E-state index contributed by atoms with van der Waals surface area (Å²) in [7, 11) is 0. The Hall–Kier alpha value is -2.73. The fraction of sp³-hybridized carbons (Fsp3) is 0.238. The minimum absolute atomic E-state index is 0.137. The Balaban J connectivity index is 1.89. The van der Waals surface area contributed by atoms with Crippen molar-refractivity contribution in [1.82, 2.24) is 15.2 Å².